The van der Waals surface area contributed by atoms with Gasteiger partial charge in [0.1, 0.15) is 5.52 Å². The lowest BCUT2D eigenvalue weighted by molar-refractivity contribution is -0.117. The minimum absolute atomic E-state index is 0.0247. The van der Waals surface area contributed by atoms with Crippen molar-refractivity contribution < 1.29 is 4.79 Å². The van der Waals surface area contributed by atoms with Crippen LogP contribution in [0.15, 0.2) is 35.6 Å². The first-order valence-electron chi connectivity index (χ1n) is 8.24. The Labute approximate surface area is 155 Å². The molecule has 3 aromatic rings. The van der Waals surface area contributed by atoms with Crippen molar-refractivity contribution in [3.63, 3.8) is 0 Å². The number of hydrogen-bond acceptors (Lipinski definition) is 5. The molecule has 132 valence electrons. The first kappa shape index (κ1) is 16.7. The highest BCUT2D eigenvalue weighted by molar-refractivity contribution is 6.35. The Morgan fingerprint density at radius 3 is 2.96 bits per heavy atom. The van der Waals surface area contributed by atoms with Gasteiger partial charge >= 0.3 is 0 Å². The molecular weight excluding hydrogens is 352 g/mol. The van der Waals surface area contributed by atoms with Crippen molar-refractivity contribution in [2.45, 2.75) is 6.42 Å². The van der Waals surface area contributed by atoms with Crippen LogP contribution in [-0.4, -0.2) is 39.1 Å². The number of nitrogens with zero attached hydrogens (tertiary/aromatic N) is 5. The van der Waals surface area contributed by atoms with Gasteiger partial charge in [-0.1, -0.05) is 11.6 Å². The number of aromatic nitrogens is 4. The lowest BCUT2D eigenvalue weighted by atomic mass is 10.1. The van der Waals surface area contributed by atoms with Crippen molar-refractivity contribution in [3.05, 3.63) is 35.6 Å². The zero-order chi connectivity index (χ0) is 18.3. The van der Waals surface area contributed by atoms with Crippen LogP contribution in [-0.2, 0) is 11.8 Å². The maximum Gasteiger partial charge on any atom is 0.229 e. The number of aryl methyl sites for hydroxylation is 1. The Hall–Kier alpha value is -2.80. The molecule has 1 aliphatic carbocycles. The molecule has 0 unspecified atom stereocenters. The van der Waals surface area contributed by atoms with Crippen LogP contribution in [0.3, 0.4) is 0 Å². The molecule has 4 rings (SSSR count). The molecule has 0 radical (unpaired) electrons. The maximum atomic E-state index is 12.3. The van der Waals surface area contributed by atoms with E-state index in [0.29, 0.717) is 22.9 Å². The van der Waals surface area contributed by atoms with Crippen molar-refractivity contribution in [3.8, 4) is 11.1 Å². The summed E-state index contributed by atoms with van der Waals surface area (Å²) in [6.45, 7) is 4.09. The number of amides is 1. The zero-order valence-corrected chi connectivity index (χ0v) is 14.9. The van der Waals surface area contributed by atoms with Gasteiger partial charge in [0.05, 0.1) is 11.2 Å². The molecule has 1 aliphatic rings. The van der Waals surface area contributed by atoms with Crippen LogP contribution >= 0.6 is 11.6 Å². The molecule has 1 N–H and O–H groups in total. The predicted octanol–water partition coefficient (Wildman–Crippen LogP) is 2.96. The van der Waals surface area contributed by atoms with Crippen molar-refractivity contribution >= 4 is 40.9 Å². The summed E-state index contributed by atoms with van der Waals surface area (Å²) < 4.78 is 1.73. The van der Waals surface area contributed by atoms with Gasteiger partial charge in [-0.2, -0.15) is 5.10 Å². The molecule has 2 aromatic heterocycles. The fraction of sp³-hybridized carbons (Fsp3) is 0.278. The summed E-state index contributed by atoms with van der Waals surface area (Å²) >= 11 is 6.36. The molecular formula is C18H17ClN6O. The molecule has 0 bridgehead atoms. The molecule has 8 heteroatoms. The summed E-state index contributed by atoms with van der Waals surface area (Å²) in [5.41, 5.74) is 2.48. The molecule has 1 aromatic carbocycles. The average molecular weight is 369 g/mol. The number of fused-ring (bicyclic) bond motifs is 1. The van der Waals surface area contributed by atoms with Gasteiger partial charge in [-0.25, -0.2) is 0 Å². The van der Waals surface area contributed by atoms with Crippen LogP contribution in [0.5, 0.6) is 0 Å². The summed E-state index contributed by atoms with van der Waals surface area (Å²) in [6, 6.07) is 5.59. The Kier molecular flexibility index (Phi) is 4.16. The van der Waals surface area contributed by atoms with Crippen LogP contribution < -0.4 is 5.32 Å². The van der Waals surface area contributed by atoms with Crippen molar-refractivity contribution in [1.82, 2.24) is 20.0 Å². The molecule has 2 heterocycles. The van der Waals surface area contributed by atoms with Crippen LogP contribution in [0, 0.1) is 11.8 Å². The summed E-state index contributed by atoms with van der Waals surface area (Å²) in [6.07, 6.45) is 4.52. The minimum Gasteiger partial charge on any atom is -0.309 e. The van der Waals surface area contributed by atoms with Gasteiger partial charge in [0.25, 0.3) is 0 Å². The fourth-order valence-corrected chi connectivity index (χ4v) is 3.33. The van der Waals surface area contributed by atoms with Crippen LogP contribution in [0.4, 0.5) is 5.82 Å². The van der Waals surface area contributed by atoms with E-state index in [1.807, 2.05) is 25.4 Å². The Bertz CT molecular complexity index is 1010. The normalized spacial score (nSPS) is 18.7. The maximum absolute atomic E-state index is 12.3. The van der Waals surface area contributed by atoms with E-state index in [1.165, 1.54) is 0 Å². The molecule has 0 saturated heterocycles. The monoisotopic (exact) mass is 368 g/mol. The molecule has 7 nitrogen and oxygen atoms in total. The summed E-state index contributed by atoms with van der Waals surface area (Å²) in [7, 11) is 1.86. The van der Waals surface area contributed by atoms with E-state index in [0.717, 1.165) is 22.9 Å². The summed E-state index contributed by atoms with van der Waals surface area (Å²) in [5, 5.41) is 16.6. The van der Waals surface area contributed by atoms with Crippen molar-refractivity contribution in [2.75, 3.05) is 11.9 Å². The third kappa shape index (κ3) is 3.17. The van der Waals surface area contributed by atoms with Gasteiger partial charge in [0.15, 0.2) is 5.82 Å². The van der Waals surface area contributed by atoms with Crippen LogP contribution in [0.25, 0.3) is 22.0 Å². The van der Waals surface area contributed by atoms with Crippen molar-refractivity contribution in [2.24, 2.45) is 23.9 Å². The highest BCUT2D eigenvalue weighted by Crippen LogP contribution is 2.39. The second-order valence-corrected chi connectivity index (χ2v) is 6.93. The largest absolute Gasteiger partial charge is 0.309 e. The van der Waals surface area contributed by atoms with Gasteiger partial charge < -0.3 is 10.3 Å². The first-order chi connectivity index (χ1) is 12.5. The van der Waals surface area contributed by atoms with E-state index >= 15 is 0 Å². The number of rotatable bonds is 5. The highest BCUT2D eigenvalue weighted by Gasteiger charge is 2.42. The lowest BCUT2D eigenvalue weighted by Crippen LogP contribution is -2.16. The number of nitrogens with one attached hydrogen (secondary N) is 1. The number of carbonyl (C=O) groups is 1. The SMILES string of the molecule is C=NC[C@@H]1C[C@H]1C(=O)Nc1cc2cc(-c3cnn(C)c3)cc(Cl)c2nn1. The van der Waals surface area contributed by atoms with Crippen molar-refractivity contribution in [1.29, 1.82) is 0 Å². The molecule has 0 aliphatic heterocycles. The number of hydrogen-bond donors (Lipinski definition) is 1. The van der Waals surface area contributed by atoms with Gasteiger partial charge in [-0.15, -0.1) is 10.2 Å². The number of aliphatic imine (C=N–C) groups is 1. The Morgan fingerprint density at radius 2 is 2.23 bits per heavy atom. The van der Waals surface area contributed by atoms with E-state index in [2.05, 4.69) is 32.3 Å². The third-order valence-electron chi connectivity index (χ3n) is 4.56. The standard InChI is InChI=1S/C18H17ClN6O/c1-20-7-12-4-14(12)18(26)22-16-6-11-3-10(13-8-21-25(2)9-13)5-15(19)17(11)24-23-16/h3,5-6,8-9,12,14H,1,4,7H2,2H3,(H,22,23,26)/t12-,14+/m0/s1. The van der Waals surface area contributed by atoms with Gasteiger partial charge in [-0.3, -0.25) is 9.48 Å². The second-order valence-electron chi connectivity index (χ2n) is 6.53. The molecule has 1 saturated carbocycles. The molecule has 0 spiro atoms. The molecule has 2 atom stereocenters. The molecule has 26 heavy (non-hydrogen) atoms. The fourth-order valence-electron chi connectivity index (χ4n) is 3.07. The quantitative estimate of drug-likeness (QED) is 0.701. The number of carbonyl (C=O) groups excluding carboxylic acids is 1. The highest BCUT2D eigenvalue weighted by atomic mass is 35.5. The average Bonchev–Trinajstić information content (AvgIpc) is 3.25. The second kappa shape index (κ2) is 6.49. The van der Waals surface area contributed by atoms with E-state index in [9.17, 15) is 4.79 Å². The first-order valence-corrected chi connectivity index (χ1v) is 8.62. The number of halogens is 1. The zero-order valence-electron chi connectivity index (χ0n) is 14.2. The summed E-state index contributed by atoms with van der Waals surface area (Å²) in [4.78, 5) is 16.1. The molecule has 1 amide bonds. The summed E-state index contributed by atoms with van der Waals surface area (Å²) in [5.74, 6) is 0.622. The van der Waals surface area contributed by atoms with Crippen LogP contribution in [0.1, 0.15) is 6.42 Å². The van der Waals surface area contributed by atoms with E-state index in [4.69, 9.17) is 11.6 Å². The van der Waals surface area contributed by atoms with Gasteiger partial charge in [0.2, 0.25) is 5.91 Å². The van der Waals surface area contributed by atoms with Gasteiger partial charge in [-0.05, 0) is 42.8 Å². The lowest BCUT2D eigenvalue weighted by Gasteiger charge is -2.07. The van der Waals surface area contributed by atoms with Crippen LogP contribution in [0.2, 0.25) is 5.02 Å². The van der Waals surface area contributed by atoms with E-state index < -0.39 is 0 Å². The Balaban J connectivity index is 1.61. The minimum atomic E-state index is -0.0539. The van der Waals surface area contributed by atoms with E-state index in [1.54, 1.807) is 16.9 Å². The Morgan fingerprint density at radius 1 is 1.38 bits per heavy atom. The van der Waals surface area contributed by atoms with Gasteiger partial charge in [0, 0.05) is 36.7 Å². The smallest absolute Gasteiger partial charge is 0.229 e. The third-order valence-corrected chi connectivity index (χ3v) is 4.84. The predicted molar refractivity (Wildman–Crippen MR) is 101 cm³/mol. The topological polar surface area (TPSA) is 85.1 Å². The number of benzene rings is 1. The number of anilines is 1. The molecule has 1 fully saturated rings. The van der Waals surface area contributed by atoms with E-state index in [-0.39, 0.29) is 17.7 Å².